The maximum absolute atomic E-state index is 14.6. The molecular formula is C31H31F26NO6S. The van der Waals surface area contributed by atoms with E-state index in [9.17, 15) is 114 Å². The summed E-state index contributed by atoms with van der Waals surface area (Å²) < 4.78 is 388. The van der Waals surface area contributed by atoms with Gasteiger partial charge in [0.2, 0.25) is 0 Å². The Morgan fingerprint density at radius 1 is 0.508 bits per heavy atom. The number of fused-ring (bicyclic) bond motifs is 1. The van der Waals surface area contributed by atoms with Gasteiger partial charge < -0.3 is 33.3 Å². The molecule has 0 amide bonds. The van der Waals surface area contributed by atoms with Crippen LogP contribution >= 0.6 is 12.2 Å². The van der Waals surface area contributed by atoms with Crippen molar-refractivity contribution in [2.24, 2.45) is 0 Å². The van der Waals surface area contributed by atoms with Crippen LogP contribution in [0.1, 0.15) is 53.4 Å². The number of hydrogen-bond acceptors (Lipinski definition) is 7. The number of nitrogens with zero attached hydrogens (tertiary/aromatic N) is 1. The van der Waals surface area contributed by atoms with Gasteiger partial charge in [0.1, 0.15) is 12.2 Å². The fourth-order valence-electron chi connectivity index (χ4n) is 6.20. The maximum atomic E-state index is 14.6. The molecule has 3 saturated heterocycles. The summed E-state index contributed by atoms with van der Waals surface area (Å²) in [6.07, 6.45) is -32.8. The molecule has 3 rings (SSSR count). The van der Waals surface area contributed by atoms with Crippen LogP contribution in [0.25, 0.3) is 0 Å². The molecule has 0 aliphatic carbocycles. The van der Waals surface area contributed by atoms with Crippen molar-refractivity contribution in [1.82, 2.24) is 4.90 Å². The lowest BCUT2D eigenvalue weighted by Gasteiger charge is -2.40. The monoisotopic (exact) mass is 1040 g/mol. The molecule has 5 atom stereocenters. The standard InChI is InChI=1S/C31H31F26NO6S/c1-18(2)59-11-12(62-18)13-14(15-16(60-13)64-19(3,4)63-15)61-17(65)58(9-5-7-20(32,33)22(36,37)24(40,41)26(44,45)28(48,49)30(52,53)54)10-6-8-21(34,35)23(38,39)25(42,43)27(46,47)29(50,51)31(55,56)57/h12-16H,5-11H2,1-4H3/t12-,13-,14+,15-,16-/m1/s1. The third kappa shape index (κ3) is 9.67. The molecule has 34 heteroatoms. The molecule has 0 bridgehead atoms. The molecule has 0 radical (unpaired) electrons. The lowest BCUT2D eigenvalue weighted by Crippen LogP contribution is -2.70. The zero-order valence-electron chi connectivity index (χ0n) is 32.5. The molecule has 3 heterocycles. The lowest BCUT2D eigenvalue weighted by molar-refractivity contribution is -0.440. The second-order valence-corrected chi connectivity index (χ2v) is 15.8. The molecule has 0 spiro atoms. The van der Waals surface area contributed by atoms with Gasteiger partial charge in [-0.2, -0.15) is 114 Å². The van der Waals surface area contributed by atoms with Crippen molar-refractivity contribution in [3.63, 3.8) is 0 Å². The van der Waals surface area contributed by atoms with Gasteiger partial charge in [0.15, 0.2) is 30.1 Å². The molecule has 384 valence electrons. The van der Waals surface area contributed by atoms with E-state index < -0.39 is 158 Å². The molecule has 0 aromatic carbocycles. The summed E-state index contributed by atoms with van der Waals surface area (Å²) in [7, 11) is 0. The first-order valence-electron chi connectivity index (χ1n) is 17.6. The van der Waals surface area contributed by atoms with Gasteiger partial charge in [0.25, 0.3) is 5.17 Å². The van der Waals surface area contributed by atoms with Gasteiger partial charge in [-0.3, -0.25) is 0 Å². The van der Waals surface area contributed by atoms with Gasteiger partial charge in [-0.15, -0.1) is 0 Å². The number of rotatable bonds is 18. The van der Waals surface area contributed by atoms with Crippen LogP contribution in [-0.2, 0) is 28.4 Å². The molecule has 0 aromatic heterocycles. The Kier molecular flexibility index (Phi) is 14.9. The highest BCUT2D eigenvalue weighted by molar-refractivity contribution is 7.80. The Morgan fingerprint density at radius 2 is 0.877 bits per heavy atom. The molecule has 0 aromatic rings. The average molecular weight is 1040 g/mol. The molecule has 0 saturated carbocycles. The summed E-state index contributed by atoms with van der Waals surface area (Å²) in [6.45, 7) is 1.48. The van der Waals surface area contributed by atoms with Gasteiger partial charge in [-0.25, -0.2) is 0 Å². The van der Waals surface area contributed by atoms with Gasteiger partial charge in [-0.05, 0) is 52.8 Å². The van der Waals surface area contributed by atoms with E-state index in [1.54, 1.807) is 0 Å². The van der Waals surface area contributed by atoms with Crippen LogP contribution in [0, 0.1) is 0 Å². The number of hydrogen-bond donors (Lipinski definition) is 0. The van der Waals surface area contributed by atoms with Crippen LogP contribution < -0.4 is 0 Å². The van der Waals surface area contributed by atoms with E-state index in [1.165, 1.54) is 27.7 Å². The van der Waals surface area contributed by atoms with Crippen molar-refractivity contribution in [3.8, 4) is 0 Å². The third-order valence-corrected chi connectivity index (χ3v) is 10.1. The van der Waals surface area contributed by atoms with E-state index in [4.69, 9.17) is 40.6 Å². The van der Waals surface area contributed by atoms with Crippen molar-refractivity contribution in [2.75, 3.05) is 19.7 Å². The quantitative estimate of drug-likeness (QED) is 0.0994. The SMILES string of the molecule is CC1(C)O[C@H]2O[C@H]([C@H]3COC(C)(C)O3)[C@H](OC(=S)N(CCCC(F)(F)C(F)(F)C(F)(F)C(F)(F)C(F)(F)C(F)(F)F)CCCC(F)(F)C(F)(F)C(F)(F)C(F)(F)C(F)(F)C(F)(F)F)[C@H]2O1. The normalized spacial score (nSPS) is 25.5. The molecule has 3 fully saturated rings. The van der Waals surface area contributed by atoms with E-state index in [0.717, 1.165) is 0 Å². The van der Waals surface area contributed by atoms with Crippen LogP contribution in [0.2, 0.25) is 0 Å². The minimum absolute atomic E-state index is 0.0197. The number of alkyl halides is 26. The smallest absolute Gasteiger partial charge is 0.460 e. The zero-order chi connectivity index (χ0) is 51.2. The summed E-state index contributed by atoms with van der Waals surface area (Å²) >= 11 is 4.92. The van der Waals surface area contributed by atoms with Crippen LogP contribution in [0.15, 0.2) is 0 Å². The Labute approximate surface area is 352 Å². The van der Waals surface area contributed by atoms with Crippen LogP contribution in [0.4, 0.5) is 114 Å². The number of thiocarbonyl (C=S) groups is 1. The first-order chi connectivity index (χ1) is 28.4. The first-order valence-corrected chi connectivity index (χ1v) is 18.1. The van der Waals surface area contributed by atoms with Crippen LogP contribution in [0.5, 0.6) is 0 Å². The summed E-state index contributed by atoms with van der Waals surface area (Å²) in [4.78, 5) is -0.0197. The topological polar surface area (TPSA) is 58.6 Å². The molecule has 3 aliphatic heterocycles. The summed E-state index contributed by atoms with van der Waals surface area (Å²) in [5, 5.41) is -1.36. The fraction of sp³-hybridized carbons (Fsp3) is 0.968. The van der Waals surface area contributed by atoms with Crippen LogP contribution in [-0.4, -0.2) is 144 Å². The highest BCUT2D eigenvalue weighted by atomic mass is 32.1. The van der Waals surface area contributed by atoms with Crippen molar-refractivity contribution in [3.05, 3.63) is 0 Å². The molecule has 3 aliphatic rings. The van der Waals surface area contributed by atoms with Crippen LogP contribution in [0.3, 0.4) is 0 Å². The van der Waals surface area contributed by atoms with E-state index in [-0.39, 0.29) is 11.5 Å². The Morgan fingerprint density at radius 3 is 1.22 bits per heavy atom. The number of halogens is 26. The summed E-state index contributed by atoms with van der Waals surface area (Å²) in [6, 6.07) is 0. The lowest BCUT2D eigenvalue weighted by atomic mass is 9.91. The summed E-state index contributed by atoms with van der Waals surface area (Å²) in [5.74, 6) is -81.5. The second-order valence-electron chi connectivity index (χ2n) is 15.5. The Hall–Kier alpha value is -2.33. The maximum Gasteiger partial charge on any atom is 0.460 e. The van der Waals surface area contributed by atoms with Crippen molar-refractivity contribution in [2.45, 2.75) is 167 Å². The van der Waals surface area contributed by atoms with E-state index in [0.29, 0.717) is 0 Å². The highest BCUT2D eigenvalue weighted by Crippen LogP contribution is 2.62. The van der Waals surface area contributed by atoms with Crippen molar-refractivity contribution < 1.29 is 143 Å². The van der Waals surface area contributed by atoms with Crippen molar-refractivity contribution in [1.29, 1.82) is 0 Å². The second kappa shape index (κ2) is 17.0. The number of ether oxygens (including phenoxy) is 6. The van der Waals surface area contributed by atoms with Gasteiger partial charge in [0.05, 0.1) is 6.61 Å². The van der Waals surface area contributed by atoms with Gasteiger partial charge >= 0.3 is 71.6 Å². The molecule has 0 N–H and O–H groups in total. The van der Waals surface area contributed by atoms with E-state index in [1.807, 2.05) is 0 Å². The fourth-order valence-corrected chi connectivity index (χ4v) is 6.50. The first kappa shape index (κ1) is 57.0. The Bertz CT molecular complexity index is 1620. The minimum Gasteiger partial charge on any atom is -0.462 e. The largest absolute Gasteiger partial charge is 0.462 e. The molecule has 0 unspecified atom stereocenters. The predicted molar refractivity (Wildman–Crippen MR) is 163 cm³/mol. The molecular weight excluding hydrogens is 1010 g/mol. The molecule has 65 heavy (non-hydrogen) atoms. The van der Waals surface area contributed by atoms with Gasteiger partial charge in [0, 0.05) is 25.9 Å². The van der Waals surface area contributed by atoms with E-state index >= 15 is 0 Å². The van der Waals surface area contributed by atoms with Gasteiger partial charge in [-0.1, -0.05) is 0 Å². The Balaban J connectivity index is 1.98. The third-order valence-electron chi connectivity index (χ3n) is 9.75. The zero-order valence-corrected chi connectivity index (χ0v) is 33.3. The average Bonchev–Trinajstić information content (AvgIpc) is 3.73. The minimum atomic E-state index is -8.31. The predicted octanol–water partition coefficient (Wildman–Crippen LogP) is 11.0. The highest BCUT2D eigenvalue weighted by Gasteiger charge is 2.92. The van der Waals surface area contributed by atoms with Crippen molar-refractivity contribution >= 4 is 17.4 Å². The molecule has 7 nitrogen and oxygen atoms in total. The summed E-state index contributed by atoms with van der Waals surface area (Å²) in [5.41, 5.74) is 0. The van der Waals surface area contributed by atoms with E-state index in [2.05, 4.69) is 0 Å².